The van der Waals surface area contributed by atoms with Crippen molar-refractivity contribution >= 4 is 17.5 Å². The number of benzene rings is 2. The molecule has 0 aliphatic rings. The summed E-state index contributed by atoms with van der Waals surface area (Å²) in [6.07, 6.45) is 0.856. The molecule has 0 fully saturated rings. The van der Waals surface area contributed by atoms with Crippen LogP contribution in [0.1, 0.15) is 51.4 Å². The molecule has 2 N–H and O–H groups in total. The molecule has 0 aliphatic heterocycles. The Labute approximate surface area is 179 Å². The Bertz CT molecular complexity index is 868. The maximum absolute atomic E-state index is 12.6. The molecule has 0 saturated heterocycles. The van der Waals surface area contributed by atoms with Crippen LogP contribution in [0.4, 0.5) is 5.69 Å². The van der Waals surface area contributed by atoms with Gasteiger partial charge in [0.25, 0.3) is 11.8 Å². The van der Waals surface area contributed by atoms with Gasteiger partial charge in [-0.25, -0.2) is 0 Å². The smallest absolute Gasteiger partial charge is 0.262 e. The summed E-state index contributed by atoms with van der Waals surface area (Å²) in [5.41, 5.74) is 0.973. The number of nitrogens with one attached hydrogen (secondary N) is 2. The normalized spacial score (nSPS) is 11.5. The van der Waals surface area contributed by atoms with Crippen LogP contribution >= 0.6 is 0 Å². The Morgan fingerprint density at radius 2 is 1.60 bits per heavy atom. The van der Waals surface area contributed by atoms with Gasteiger partial charge in [0.2, 0.25) is 0 Å². The predicted octanol–water partition coefficient (Wildman–Crippen LogP) is 4.66. The van der Waals surface area contributed by atoms with E-state index in [1.807, 2.05) is 13.8 Å². The monoisotopic (exact) mass is 412 g/mol. The summed E-state index contributed by atoms with van der Waals surface area (Å²) in [4.78, 5) is 24.6. The minimum atomic E-state index is -0.317. The van der Waals surface area contributed by atoms with E-state index in [0.717, 1.165) is 6.42 Å². The van der Waals surface area contributed by atoms with Gasteiger partial charge in [-0.3, -0.25) is 9.59 Å². The van der Waals surface area contributed by atoms with Gasteiger partial charge in [0.15, 0.2) is 6.61 Å². The first-order chi connectivity index (χ1) is 14.0. The highest BCUT2D eigenvalue weighted by Gasteiger charge is 2.27. The fourth-order valence-electron chi connectivity index (χ4n) is 3.50. The summed E-state index contributed by atoms with van der Waals surface area (Å²) in [6, 6.07) is 13.8. The number of rotatable bonds is 8. The van der Waals surface area contributed by atoms with E-state index in [0.29, 0.717) is 22.7 Å². The molecular weight excluding hydrogens is 380 g/mol. The molecule has 0 unspecified atom stereocenters. The fourth-order valence-corrected chi connectivity index (χ4v) is 3.50. The molecule has 0 heterocycles. The van der Waals surface area contributed by atoms with E-state index in [-0.39, 0.29) is 29.4 Å². The van der Waals surface area contributed by atoms with Gasteiger partial charge in [-0.05, 0) is 62.1 Å². The molecule has 2 aromatic carbocycles. The molecule has 0 aromatic heterocycles. The van der Waals surface area contributed by atoms with Gasteiger partial charge in [0.1, 0.15) is 11.5 Å². The Hall–Kier alpha value is -3.02. The van der Waals surface area contributed by atoms with Gasteiger partial charge in [0.05, 0.1) is 7.11 Å². The van der Waals surface area contributed by atoms with Crippen LogP contribution in [-0.4, -0.2) is 31.1 Å². The van der Waals surface area contributed by atoms with E-state index in [1.54, 1.807) is 55.6 Å². The van der Waals surface area contributed by atoms with Crippen LogP contribution in [0.3, 0.4) is 0 Å². The maximum Gasteiger partial charge on any atom is 0.262 e. The van der Waals surface area contributed by atoms with Gasteiger partial charge in [-0.1, -0.05) is 26.8 Å². The summed E-state index contributed by atoms with van der Waals surface area (Å²) in [5, 5.41) is 5.83. The van der Waals surface area contributed by atoms with Crippen LogP contribution in [0.5, 0.6) is 11.5 Å². The number of carbonyl (C=O) groups is 2. The average Bonchev–Trinajstić information content (AvgIpc) is 2.64. The van der Waals surface area contributed by atoms with Crippen LogP contribution in [0.2, 0.25) is 0 Å². The number of anilines is 1. The van der Waals surface area contributed by atoms with Gasteiger partial charge < -0.3 is 20.1 Å². The Morgan fingerprint density at radius 1 is 0.933 bits per heavy atom. The summed E-state index contributed by atoms with van der Waals surface area (Å²) in [6.45, 7) is 10.4. The largest absolute Gasteiger partial charge is 0.497 e. The molecular formula is C24H32N2O4. The Morgan fingerprint density at radius 3 is 2.20 bits per heavy atom. The molecule has 2 rings (SSSR count). The second kappa shape index (κ2) is 9.65. The molecule has 2 amide bonds. The van der Waals surface area contributed by atoms with Crippen LogP contribution in [0.25, 0.3) is 0 Å². The van der Waals surface area contributed by atoms with E-state index in [1.165, 1.54) is 0 Å². The first-order valence-electron chi connectivity index (χ1n) is 9.97. The van der Waals surface area contributed by atoms with Crippen molar-refractivity contribution in [1.29, 1.82) is 0 Å². The zero-order chi connectivity index (χ0) is 22.4. The van der Waals surface area contributed by atoms with E-state index < -0.39 is 0 Å². The van der Waals surface area contributed by atoms with Crippen molar-refractivity contribution in [3.8, 4) is 11.5 Å². The van der Waals surface area contributed by atoms with Crippen LogP contribution in [0, 0.1) is 5.41 Å². The molecule has 0 saturated carbocycles. The predicted molar refractivity (Wildman–Crippen MR) is 119 cm³/mol. The van der Waals surface area contributed by atoms with Crippen molar-refractivity contribution in [2.75, 3.05) is 19.0 Å². The van der Waals surface area contributed by atoms with Gasteiger partial charge in [0, 0.05) is 22.9 Å². The van der Waals surface area contributed by atoms with Gasteiger partial charge >= 0.3 is 0 Å². The summed E-state index contributed by atoms with van der Waals surface area (Å²) in [5.74, 6) is 0.759. The molecule has 6 nitrogen and oxygen atoms in total. The standard InChI is InChI=1S/C24H32N2O4/c1-23(2,3)16-24(4,5)26-22(28)17-10-12-19(13-11-17)30-15-21(27)25-18-8-7-9-20(14-18)29-6/h7-14H,15-16H2,1-6H3,(H,25,27)(H,26,28). The third-order valence-electron chi connectivity index (χ3n) is 4.26. The second-order valence-corrected chi connectivity index (χ2v) is 9.17. The lowest BCUT2D eigenvalue weighted by molar-refractivity contribution is -0.118. The zero-order valence-electron chi connectivity index (χ0n) is 18.7. The second-order valence-electron chi connectivity index (χ2n) is 9.17. The topological polar surface area (TPSA) is 76.7 Å². The SMILES string of the molecule is COc1cccc(NC(=O)COc2ccc(C(=O)NC(C)(C)CC(C)(C)C)cc2)c1. The molecule has 0 radical (unpaired) electrons. The molecule has 0 aliphatic carbocycles. The number of amides is 2. The summed E-state index contributed by atoms with van der Waals surface area (Å²) < 4.78 is 10.7. The van der Waals surface area contributed by atoms with Gasteiger partial charge in [-0.2, -0.15) is 0 Å². The van der Waals surface area contributed by atoms with E-state index >= 15 is 0 Å². The number of hydrogen-bond donors (Lipinski definition) is 2. The molecule has 6 heteroatoms. The third-order valence-corrected chi connectivity index (χ3v) is 4.26. The molecule has 0 atom stereocenters. The molecule has 0 bridgehead atoms. The Balaban J connectivity index is 1.88. The highest BCUT2D eigenvalue weighted by Crippen LogP contribution is 2.27. The summed E-state index contributed by atoms with van der Waals surface area (Å²) >= 11 is 0. The van der Waals surface area contributed by atoms with Gasteiger partial charge in [-0.15, -0.1) is 0 Å². The lowest BCUT2D eigenvalue weighted by atomic mass is 9.81. The highest BCUT2D eigenvalue weighted by molar-refractivity contribution is 5.95. The molecule has 2 aromatic rings. The Kier molecular flexibility index (Phi) is 7.48. The summed E-state index contributed by atoms with van der Waals surface area (Å²) in [7, 11) is 1.57. The minimum absolute atomic E-state index is 0.111. The van der Waals surface area contributed by atoms with Crippen molar-refractivity contribution in [3.05, 3.63) is 54.1 Å². The number of hydrogen-bond acceptors (Lipinski definition) is 4. The molecule has 162 valence electrons. The first-order valence-corrected chi connectivity index (χ1v) is 9.97. The number of carbonyl (C=O) groups excluding carboxylic acids is 2. The first kappa shape index (κ1) is 23.3. The lowest BCUT2D eigenvalue weighted by Gasteiger charge is -2.33. The maximum atomic E-state index is 12.6. The van der Waals surface area contributed by atoms with Crippen molar-refractivity contribution < 1.29 is 19.1 Å². The van der Waals surface area contributed by atoms with E-state index in [4.69, 9.17) is 9.47 Å². The van der Waals surface area contributed by atoms with E-state index in [2.05, 4.69) is 31.4 Å². The van der Waals surface area contributed by atoms with Crippen LogP contribution in [0.15, 0.2) is 48.5 Å². The van der Waals surface area contributed by atoms with Crippen LogP contribution in [-0.2, 0) is 4.79 Å². The van der Waals surface area contributed by atoms with E-state index in [9.17, 15) is 9.59 Å². The quantitative estimate of drug-likeness (QED) is 0.661. The van der Waals surface area contributed by atoms with Crippen molar-refractivity contribution in [1.82, 2.24) is 5.32 Å². The van der Waals surface area contributed by atoms with Crippen molar-refractivity contribution in [2.24, 2.45) is 5.41 Å². The molecule has 30 heavy (non-hydrogen) atoms. The van der Waals surface area contributed by atoms with Crippen molar-refractivity contribution in [2.45, 2.75) is 46.6 Å². The highest BCUT2D eigenvalue weighted by atomic mass is 16.5. The number of ether oxygens (including phenoxy) is 2. The lowest BCUT2D eigenvalue weighted by Crippen LogP contribution is -2.45. The minimum Gasteiger partial charge on any atom is -0.497 e. The van der Waals surface area contributed by atoms with Crippen LogP contribution < -0.4 is 20.1 Å². The average molecular weight is 413 g/mol. The molecule has 0 spiro atoms. The fraction of sp³-hybridized carbons (Fsp3) is 0.417. The van der Waals surface area contributed by atoms with Crippen molar-refractivity contribution in [3.63, 3.8) is 0 Å². The third kappa shape index (κ3) is 7.78. The zero-order valence-corrected chi connectivity index (χ0v) is 18.7. The number of methoxy groups -OCH3 is 1.